The molecule has 106 valence electrons. The van der Waals surface area contributed by atoms with E-state index in [9.17, 15) is 0 Å². The number of rotatable bonds is 8. The highest BCUT2D eigenvalue weighted by molar-refractivity contribution is 5.61. The van der Waals surface area contributed by atoms with Gasteiger partial charge in [-0.3, -0.25) is 0 Å². The lowest BCUT2D eigenvalue weighted by molar-refractivity contribution is 0.108. The Hall–Kier alpha value is -1.06. The molecular formula is C16H26N2O. The van der Waals surface area contributed by atoms with Crippen molar-refractivity contribution in [1.29, 1.82) is 0 Å². The van der Waals surface area contributed by atoms with Crippen LogP contribution in [0.3, 0.4) is 0 Å². The number of para-hydroxylation sites is 1. The van der Waals surface area contributed by atoms with Crippen molar-refractivity contribution in [3.05, 3.63) is 29.3 Å². The average molecular weight is 262 g/mol. The van der Waals surface area contributed by atoms with Crippen LogP contribution in [0.1, 0.15) is 31.4 Å². The van der Waals surface area contributed by atoms with Gasteiger partial charge in [-0.25, -0.2) is 0 Å². The Bertz CT molecular complexity index is 390. The molecule has 0 amide bonds. The van der Waals surface area contributed by atoms with Crippen LogP contribution in [0.5, 0.6) is 0 Å². The molecular weight excluding hydrogens is 236 g/mol. The second-order valence-electron chi connectivity index (χ2n) is 5.63. The molecule has 1 heterocycles. The zero-order valence-corrected chi connectivity index (χ0v) is 12.2. The second-order valence-corrected chi connectivity index (χ2v) is 5.63. The third-order valence-corrected chi connectivity index (χ3v) is 3.34. The molecule has 0 saturated carbocycles. The Balaban J connectivity index is 1.63. The fraction of sp³-hybridized carbons (Fsp3) is 0.625. The van der Waals surface area contributed by atoms with E-state index in [1.165, 1.54) is 16.8 Å². The Morgan fingerprint density at radius 1 is 1.37 bits per heavy atom. The highest BCUT2D eigenvalue weighted by Gasteiger charge is 2.12. The van der Waals surface area contributed by atoms with Crippen molar-refractivity contribution in [2.24, 2.45) is 5.92 Å². The smallest absolute Gasteiger partial charge is 0.0489 e. The topological polar surface area (TPSA) is 33.3 Å². The standard InChI is InChI=1S/C16H26N2O/c1-13(2)12-19-10-4-8-17-11-15-6-3-5-14-7-9-18-16(14)15/h3,5-6,13,17-18H,4,7-12H2,1-2H3. The monoisotopic (exact) mass is 262 g/mol. The van der Waals surface area contributed by atoms with Crippen LogP contribution in [0.15, 0.2) is 18.2 Å². The van der Waals surface area contributed by atoms with Gasteiger partial charge in [0.15, 0.2) is 0 Å². The van der Waals surface area contributed by atoms with Crippen molar-refractivity contribution >= 4 is 5.69 Å². The molecule has 1 aromatic rings. The SMILES string of the molecule is CC(C)COCCCNCc1cccc2c1NCC2. The molecule has 0 radical (unpaired) electrons. The third kappa shape index (κ3) is 4.51. The van der Waals surface area contributed by atoms with E-state index in [2.05, 4.69) is 42.7 Å². The van der Waals surface area contributed by atoms with Crippen LogP contribution < -0.4 is 10.6 Å². The first-order valence-corrected chi connectivity index (χ1v) is 7.40. The molecule has 1 aliphatic heterocycles. The van der Waals surface area contributed by atoms with E-state index in [4.69, 9.17) is 4.74 Å². The van der Waals surface area contributed by atoms with Crippen LogP contribution in [0.2, 0.25) is 0 Å². The van der Waals surface area contributed by atoms with Gasteiger partial charge < -0.3 is 15.4 Å². The summed E-state index contributed by atoms with van der Waals surface area (Å²) in [6.07, 6.45) is 2.24. The van der Waals surface area contributed by atoms with Gasteiger partial charge in [0.25, 0.3) is 0 Å². The maximum Gasteiger partial charge on any atom is 0.0489 e. The number of benzene rings is 1. The molecule has 0 unspecified atom stereocenters. The molecule has 2 N–H and O–H groups in total. The zero-order valence-electron chi connectivity index (χ0n) is 12.2. The fourth-order valence-corrected chi connectivity index (χ4v) is 2.40. The third-order valence-electron chi connectivity index (χ3n) is 3.34. The van der Waals surface area contributed by atoms with Crippen molar-refractivity contribution in [1.82, 2.24) is 5.32 Å². The first-order valence-electron chi connectivity index (χ1n) is 7.40. The van der Waals surface area contributed by atoms with Gasteiger partial charge in [0.1, 0.15) is 0 Å². The van der Waals surface area contributed by atoms with Crippen LogP contribution in [-0.4, -0.2) is 26.3 Å². The molecule has 0 atom stereocenters. The molecule has 0 fully saturated rings. The highest BCUT2D eigenvalue weighted by Crippen LogP contribution is 2.25. The van der Waals surface area contributed by atoms with Gasteiger partial charge >= 0.3 is 0 Å². The lowest BCUT2D eigenvalue weighted by Gasteiger charge is -2.10. The summed E-state index contributed by atoms with van der Waals surface area (Å²) in [6, 6.07) is 6.59. The lowest BCUT2D eigenvalue weighted by atomic mass is 10.1. The normalized spacial score (nSPS) is 13.6. The molecule has 3 nitrogen and oxygen atoms in total. The maximum absolute atomic E-state index is 5.57. The summed E-state index contributed by atoms with van der Waals surface area (Å²) < 4.78 is 5.57. The predicted octanol–water partition coefficient (Wildman–Crippen LogP) is 2.81. The number of hydrogen-bond acceptors (Lipinski definition) is 3. The number of fused-ring (bicyclic) bond motifs is 1. The maximum atomic E-state index is 5.57. The molecule has 0 aliphatic carbocycles. The summed E-state index contributed by atoms with van der Waals surface area (Å²) in [4.78, 5) is 0. The summed E-state index contributed by atoms with van der Waals surface area (Å²) in [7, 11) is 0. The molecule has 1 aromatic carbocycles. The predicted molar refractivity (Wildman–Crippen MR) is 80.6 cm³/mol. The lowest BCUT2D eigenvalue weighted by Crippen LogP contribution is -2.17. The van der Waals surface area contributed by atoms with Crippen LogP contribution in [0, 0.1) is 5.92 Å². The first kappa shape index (κ1) is 14.4. The van der Waals surface area contributed by atoms with Gasteiger partial charge in [-0.15, -0.1) is 0 Å². The average Bonchev–Trinajstić information content (AvgIpc) is 2.86. The first-order chi connectivity index (χ1) is 9.27. The summed E-state index contributed by atoms with van der Waals surface area (Å²) in [6.45, 7) is 9.13. The summed E-state index contributed by atoms with van der Waals surface area (Å²) in [5, 5.41) is 6.98. The van der Waals surface area contributed by atoms with Crippen LogP contribution >= 0.6 is 0 Å². The number of anilines is 1. The molecule has 3 heteroatoms. The van der Waals surface area contributed by atoms with E-state index in [1.54, 1.807) is 0 Å². The Kier molecular flexibility index (Phi) is 5.67. The number of ether oxygens (including phenoxy) is 1. The molecule has 0 spiro atoms. The minimum atomic E-state index is 0.630. The number of hydrogen-bond donors (Lipinski definition) is 2. The minimum Gasteiger partial charge on any atom is -0.384 e. The summed E-state index contributed by atoms with van der Waals surface area (Å²) >= 11 is 0. The van der Waals surface area contributed by atoms with Gasteiger partial charge in [0.05, 0.1) is 0 Å². The number of nitrogens with one attached hydrogen (secondary N) is 2. The van der Waals surface area contributed by atoms with E-state index in [-0.39, 0.29) is 0 Å². The minimum absolute atomic E-state index is 0.630. The zero-order chi connectivity index (χ0) is 13.5. The Morgan fingerprint density at radius 3 is 3.11 bits per heavy atom. The highest BCUT2D eigenvalue weighted by atomic mass is 16.5. The quantitative estimate of drug-likeness (QED) is 0.707. The molecule has 0 aromatic heterocycles. The summed E-state index contributed by atoms with van der Waals surface area (Å²) in [5.41, 5.74) is 4.20. The van der Waals surface area contributed by atoms with Gasteiger partial charge in [-0.05, 0) is 36.4 Å². The van der Waals surface area contributed by atoms with Crippen molar-refractivity contribution < 1.29 is 4.74 Å². The van der Waals surface area contributed by atoms with Crippen molar-refractivity contribution in [2.75, 3.05) is 31.6 Å². The molecule has 0 bridgehead atoms. The van der Waals surface area contributed by atoms with E-state index >= 15 is 0 Å². The van der Waals surface area contributed by atoms with Gasteiger partial charge in [0, 0.05) is 32.0 Å². The fourth-order valence-electron chi connectivity index (χ4n) is 2.40. The van der Waals surface area contributed by atoms with Gasteiger partial charge in [-0.2, -0.15) is 0 Å². The van der Waals surface area contributed by atoms with Gasteiger partial charge in [0.2, 0.25) is 0 Å². The van der Waals surface area contributed by atoms with Crippen LogP contribution in [-0.2, 0) is 17.7 Å². The van der Waals surface area contributed by atoms with E-state index in [1.807, 2.05) is 0 Å². The van der Waals surface area contributed by atoms with Crippen molar-refractivity contribution in [3.8, 4) is 0 Å². The van der Waals surface area contributed by atoms with E-state index < -0.39 is 0 Å². The Labute approximate surface area is 116 Å². The van der Waals surface area contributed by atoms with Gasteiger partial charge in [-0.1, -0.05) is 32.0 Å². The molecule has 2 rings (SSSR count). The Morgan fingerprint density at radius 2 is 2.26 bits per heavy atom. The van der Waals surface area contributed by atoms with Crippen LogP contribution in [0.25, 0.3) is 0 Å². The largest absolute Gasteiger partial charge is 0.384 e. The van der Waals surface area contributed by atoms with Crippen molar-refractivity contribution in [2.45, 2.75) is 33.2 Å². The van der Waals surface area contributed by atoms with Crippen LogP contribution in [0.4, 0.5) is 5.69 Å². The van der Waals surface area contributed by atoms with E-state index in [0.29, 0.717) is 5.92 Å². The molecule has 0 saturated heterocycles. The molecule has 19 heavy (non-hydrogen) atoms. The molecule has 1 aliphatic rings. The van der Waals surface area contributed by atoms with E-state index in [0.717, 1.165) is 45.7 Å². The summed E-state index contributed by atoms with van der Waals surface area (Å²) in [5.74, 6) is 0.630. The van der Waals surface area contributed by atoms with Crippen molar-refractivity contribution in [3.63, 3.8) is 0 Å². The second kappa shape index (κ2) is 7.51.